The first-order valence-electron chi connectivity index (χ1n) is 4.74. The first-order chi connectivity index (χ1) is 6.52. The summed E-state index contributed by atoms with van der Waals surface area (Å²) in [4.78, 5) is 2.02. The molecule has 0 bridgehead atoms. The zero-order chi connectivity index (χ0) is 10.7. The van der Waals surface area contributed by atoms with Gasteiger partial charge in [0.1, 0.15) is 0 Å². The molecule has 0 spiro atoms. The molecule has 1 rings (SSSR count). The van der Waals surface area contributed by atoms with E-state index in [1.807, 2.05) is 37.2 Å². The van der Waals surface area contributed by atoms with Crippen molar-refractivity contribution in [3.05, 3.63) is 23.2 Å². The second-order valence-corrected chi connectivity index (χ2v) is 4.24. The number of para-hydroxylation sites is 1. The maximum Gasteiger partial charge on any atom is 0.0786 e. The van der Waals surface area contributed by atoms with E-state index in [1.165, 1.54) is 0 Å². The van der Waals surface area contributed by atoms with Gasteiger partial charge in [0.25, 0.3) is 0 Å². The van der Waals surface area contributed by atoms with Crippen molar-refractivity contribution in [1.29, 1.82) is 0 Å². The van der Waals surface area contributed by atoms with E-state index in [9.17, 15) is 0 Å². The molecule has 1 N–H and O–H groups in total. The van der Waals surface area contributed by atoms with Crippen LogP contribution in [0.4, 0.5) is 11.4 Å². The van der Waals surface area contributed by atoms with Crippen molar-refractivity contribution >= 4 is 23.0 Å². The summed E-state index contributed by atoms with van der Waals surface area (Å²) >= 11 is 6.13. The summed E-state index contributed by atoms with van der Waals surface area (Å²) in [6, 6.07) is 6.32. The molecule has 3 heteroatoms. The Morgan fingerprint density at radius 3 is 2.43 bits per heavy atom. The normalized spacial score (nSPS) is 10.4. The lowest BCUT2D eigenvalue weighted by molar-refractivity contribution is 0.897. The van der Waals surface area contributed by atoms with Gasteiger partial charge >= 0.3 is 0 Å². The number of benzene rings is 1. The summed E-state index contributed by atoms with van der Waals surface area (Å²) in [5.41, 5.74) is 2.13. The molecular formula is C11H17ClN2. The molecule has 0 aliphatic carbocycles. The highest BCUT2D eigenvalue weighted by Gasteiger charge is 2.08. The molecule has 0 amide bonds. The van der Waals surface area contributed by atoms with Crippen LogP contribution in [0.1, 0.15) is 13.8 Å². The lowest BCUT2D eigenvalue weighted by Crippen LogP contribution is -2.16. The Morgan fingerprint density at radius 1 is 1.29 bits per heavy atom. The molecule has 1 aromatic carbocycles. The molecular weight excluding hydrogens is 196 g/mol. The number of nitrogens with zero attached hydrogens (tertiary/aromatic N) is 1. The van der Waals surface area contributed by atoms with Crippen LogP contribution in [0.15, 0.2) is 18.2 Å². The standard InChI is InChI=1S/C11H17ClN2/c1-8(2)13-10-7-5-6-9(12)11(10)14(3)4/h5-8,13H,1-4H3. The number of nitrogens with one attached hydrogen (secondary N) is 1. The maximum atomic E-state index is 6.13. The van der Waals surface area contributed by atoms with Crippen LogP contribution < -0.4 is 10.2 Å². The third-order valence-corrected chi connectivity index (χ3v) is 2.18. The molecule has 0 atom stereocenters. The van der Waals surface area contributed by atoms with Crippen molar-refractivity contribution in [2.24, 2.45) is 0 Å². The van der Waals surface area contributed by atoms with Crippen molar-refractivity contribution < 1.29 is 0 Å². The molecule has 0 saturated carbocycles. The predicted octanol–water partition coefficient (Wildman–Crippen LogP) is 3.23. The summed E-state index contributed by atoms with van der Waals surface area (Å²) < 4.78 is 0. The van der Waals surface area contributed by atoms with Gasteiger partial charge in [0, 0.05) is 20.1 Å². The van der Waals surface area contributed by atoms with Crippen LogP contribution >= 0.6 is 11.6 Å². The summed E-state index contributed by atoms with van der Waals surface area (Å²) in [6.45, 7) is 4.22. The Labute approximate surface area is 90.9 Å². The molecule has 1 aromatic rings. The lowest BCUT2D eigenvalue weighted by atomic mass is 10.2. The Hall–Kier alpha value is -0.890. The first kappa shape index (κ1) is 11.2. The first-order valence-corrected chi connectivity index (χ1v) is 5.12. The van der Waals surface area contributed by atoms with Gasteiger partial charge < -0.3 is 10.2 Å². The number of rotatable bonds is 3. The van der Waals surface area contributed by atoms with Crippen LogP contribution in [0.5, 0.6) is 0 Å². The second kappa shape index (κ2) is 4.56. The van der Waals surface area contributed by atoms with E-state index < -0.39 is 0 Å². The second-order valence-electron chi connectivity index (χ2n) is 3.83. The highest BCUT2D eigenvalue weighted by molar-refractivity contribution is 6.34. The maximum absolute atomic E-state index is 6.13. The number of hydrogen-bond donors (Lipinski definition) is 1. The molecule has 0 fully saturated rings. The van der Waals surface area contributed by atoms with Crippen LogP contribution in [-0.4, -0.2) is 20.1 Å². The highest BCUT2D eigenvalue weighted by Crippen LogP contribution is 2.32. The Bertz CT molecular complexity index is 308. The van der Waals surface area contributed by atoms with Gasteiger partial charge in [0.05, 0.1) is 16.4 Å². The van der Waals surface area contributed by atoms with E-state index in [2.05, 4.69) is 19.2 Å². The average molecular weight is 213 g/mol. The minimum atomic E-state index is 0.409. The predicted molar refractivity (Wildman–Crippen MR) is 64.5 cm³/mol. The van der Waals surface area contributed by atoms with Gasteiger partial charge in [0.2, 0.25) is 0 Å². The van der Waals surface area contributed by atoms with Crippen molar-refractivity contribution in [3.63, 3.8) is 0 Å². The minimum Gasteiger partial charge on any atom is -0.381 e. The third-order valence-electron chi connectivity index (χ3n) is 1.88. The Morgan fingerprint density at radius 2 is 1.93 bits per heavy atom. The lowest BCUT2D eigenvalue weighted by Gasteiger charge is -2.21. The number of halogens is 1. The fraction of sp³-hybridized carbons (Fsp3) is 0.455. The molecule has 2 nitrogen and oxygen atoms in total. The van der Waals surface area contributed by atoms with Gasteiger partial charge in [-0.25, -0.2) is 0 Å². The van der Waals surface area contributed by atoms with E-state index in [1.54, 1.807) is 0 Å². The molecule has 78 valence electrons. The van der Waals surface area contributed by atoms with E-state index >= 15 is 0 Å². The van der Waals surface area contributed by atoms with E-state index in [0.29, 0.717) is 6.04 Å². The minimum absolute atomic E-state index is 0.409. The summed E-state index contributed by atoms with van der Waals surface area (Å²) in [5, 5.41) is 4.15. The fourth-order valence-electron chi connectivity index (χ4n) is 1.40. The molecule has 0 radical (unpaired) electrons. The monoisotopic (exact) mass is 212 g/mol. The Kier molecular flexibility index (Phi) is 3.64. The molecule has 14 heavy (non-hydrogen) atoms. The quantitative estimate of drug-likeness (QED) is 0.828. The average Bonchev–Trinajstić information content (AvgIpc) is 2.01. The molecule has 0 unspecified atom stereocenters. The summed E-state index contributed by atoms with van der Waals surface area (Å²) in [5.74, 6) is 0. The Balaban J connectivity index is 3.08. The third kappa shape index (κ3) is 2.55. The SMILES string of the molecule is CC(C)Nc1cccc(Cl)c1N(C)C. The number of anilines is 2. The van der Waals surface area contributed by atoms with Crippen LogP contribution in [0.25, 0.3) is 0 Å². The molecule has 0 heterocycles. The van der Waals surface area contributed by atoms with E-state index in [0.717, 1.165) is 16.4 Å². The van der Waals surface area contributed by atoms with Crippen molar-refractivity contribution in [2.45, 2.75) is 19.9 Å². The van der Waals surface area contributed by atoms with Crippen molar-refractivity contribution in [3.8, 4) is 0 Å². The largest absolute Gasteiger partial charge is 0.381 e. The van der Waals surface area contributed by atoms with Crippen molar-refractivity contribution in [2.75, 3.05) is 24.3 Å². The van der Waals surface area contributed by atoms with E-state index in [-0.39, 0.29) is 0 Å². The number of hydrogen-bond acceptors (Lipinski definition) is 2. The van der Waals surface area contributed by atoms with Crippen LogP contribution in [-0.2, 0) is 0 Å². The van der Waals surface area contributed by atoms with Crippen LogP contribution in [0.3, 0.4) is 0 Å². The van der Waals surface area contributed by atoms with Gasteiger partial charge in [-0.2, -0.15) is 0 Å². The van der Waals surface area contributed by atoms with Gasteiger partial charge in [-0.1, -0.05) is 17.7 Å². The van der Waals surface area contributed by atoms with Gasteiger partial charge in [-0.3, -0.25) is 0 Å². The zero-order valence-electron chi connectivity index (χ0n) is 9.13. The smallest absolute Gasteiger partial charge is 0.0786 e. The van der Waals surface area contributed by atoms with E-state index in [4.69, 9.17) is 11.6 Å². The fourth-order valence-corrected chi connectivity index (χ4v) is 1.74. The molecule has 0 saturated heterocycles. The van der Waals surface area contributed by atoms with Gasteiger partial charge in [-0.15, -0.1) is 0 Å². The molecule has 0 aliphatic rings. The molecule has 0 aromatic heterocycles. The van der Waals surface area contributed by atoms with Crippen LogP contribution in [0.2, 0.25) is 5.02 Å². The molecule has 0 aliphatic heterocycles. The topological polar surface area (TPSA) is 15.3 Å². The highest BCUT2D eigenvalue weighted by atomic mass is 35.5. The van der Waals surface area contributed by atoms with Crippen molar-refractivity contribution in [1.82, 2.24) is 0 Å². The van der Waals surface area contributed by atoms with Crippen LogP contribution in [0, 0.1) is 0 Å². The zero-order valence-corrected chi connectivity index (χ0v) is 9.89. The van der Waals surface area contributed by atoms with Gasteiger partial charge in [0.15, 0.2) is 0 Å². The van der Waals surface area contributed by atoms with Gasteiger partial charge in [-0.05, 0) is 26.0 Å². The summed E-state index contributed by atoms with van der Waals surface area (Å²) in [6.07, 6.45) is 0. The summed E-state index contributed by atoms with van der Waals surface area (Å²) in [7, 11) is 3.99.